The van der Waals surface area contributed by atoms with Gasteiger partial charge < -0.3 is 14.8 Å². The van der Waals surface area contributed by atoms with E-state index in [1.54, 1.807) is 0 Å². The summed E-state index contributed by atoms with van der Waals surface area (Å²) < 4.78 is 12.0. The predicted molar refractivity (Wildman–Crippen MR) is 83.8 cm³/mol. The van der Waals surface area contributed by atoms with Gasteiger partial charge in [-0.25, -0.2) is 0 Å². The van der Waals surface area contributed by atoms with Crippen molar-refractivity contribution in [1.29, 1.82) is 0 Å². The lowest BCUT2D eigenvalue weighted by atomic mass is 10.1. The number of hydrogen-bond donors (Lipinski definition) is 1. The molecule has 98 valence electrons. The summed E-state index contributed by atoms with van der Waals surface area (Å²) in [5.74, 6) is 1.65. The number of anilines is 1. The Morgan fingerprint density at radius 3 is 2.79 bits per heavy atom. The predicted octanol–water partition coefficient (Wildman–Crippen LogP) is 4.19. The van der Waals surface area contributed by atoms with Gasteiger partial charge in [0.15, 0.2) is 11.5 Å². The third-order valence-corrected chi connectivity index (χ3v) is 3.78. The Labute approximate surface area is 126 Å². The van der Waals surface area contributed by atoms with Crippen LogP contribution in [0.1, 0.15) is 18.5 Å². The van der Waals surface area contributed by atoms with Crippen LogP contribution in [0, 0.1) is 3.57 Å². The molecule has 1 unspecified atom stereocenters. The van der Waals surface area contributed by atoms with Crippen LogP contribution < -0.4 is 14.8 Å². The maximum Gasteiger partial charge on any atom is 0.231 e. The van der Waals surface area contributed by atoms with E-state index in [-0.39, 0.29) is 6.04 Å². The molecule has 3 rings (SSSR count). The van der Waals surface area contributed by atoms with E-state index in [4.69, 9.17) is 9.47 Å². The first kappa shape index (κ1) is 12.6. The first-order chi connectivity index (χ1) is 9.22. The molecule has 19 heavy (non-hydrogen) atoms. The number of fused-ring (bicyclic) bond motifs is 1. The minimum Gasteiger partial charge on any atom is -0.454 e. The lowest BCUT2D eigenvalue weighted by Gasteiger charge is -2.16. The normalized spacial score (nSPS) is 14.2. The highest BCUT2D eigenvalue weighted by atomic mass is 127. The Hall–Kier alpha value is -1.43. The van der Waals surface area contributed by atoms with Crippen LogP contribution in [-0.2, 0) is 0 Å². The van der Waals surface area contributed by atoms with E-state index >= 15 is 0 Å². The van der Waals surface area contributed by atoms with E-state index < -0.39 is 0 Å². The van der Waals surface area contributed by atoms with Crippen LogP contribution >= 0.6 is 22.6 Å². The van der Waals surface area contributed by atoms with E-state index in [0.717, 1.165) is 17.2 Å². The Morgan fingerprint density at radius 1 is 1.11 bits per heavy atom. The molecule has 0 fully saturated rings. The molecule has 2 aromatic carbocycles. The van der Waals surface area contributed by atoms with Gasteiger partial charge in [-0.15, -0.1) is 0 Å². The summed E-state index contributed by atoms with van der Waals surface area (Å²) in [6.45, 7) is 2.45. The van der Waals surface area contributed by atoms with E-state index in [0.29, 0.717) is 6.79 Å². The Bertz CT molecular complexity index is 600. The van der Waals surface area contributed by atoms with Gasteiger partial charge in [-0.1, -0.05) is 12.1 Å². The van der Waals surface area contributed by atoms with E-state index in [1.807, 2.05) is 12.1 Å². The van der Waals surface area contributed by atoms with Crippen molar-refractivity contribution in [2.75, 3.05) is 12.1 Å². The number of nitrogens with one attached hydrogen (secondary N) is 1. The second-order valence-electron chi connectivity index (χ2n) is 4.49. The van der Waals surface area contributed by atoms with Gasteiger partial charge in [0.1, 0.15) is 0 Å². The van der Waals surface area contributed by atoms with Crippen LogP contribution in [-0.4, -0.2) is 6.79 Å². The fourth-order valence-electron chi connectivity index (χ4n) is 2.09. The number of rotatable bonds is 3. The molecule has 1 aliphatic rings. The summed E-state index contributed by atoms with van der Waals surface area (Å²) in [4.78, 5) is 0. The molecule has 3 nitrogen and oxygen atoms in total. The number of ether oxygens (including phenoxy) is 2. The Morgan fingerprint density at radius 2 is 1.95 bits per heavy atom. The summed E-state index contributed by atoms with van der Waals surface area (Å²) >= 11 is 2.31. The molecule has 1 N–H and O–H groups in total. The molecule has 1 atom stereocenters. The van der Waals surface area contributed by atoms with Gasteiger partial charge in [-0.05, 0) is 65.4 Å². The van der Waals surface area contributed by atoms with Crippen molar-refractivity contribution in [2.24, 2.45) is 0 Å². The maximum atomic E-state index is 5.41. The van der Waals surface area contributed by atoms with Gasteiger partial charge in [-0.3, -0.25) is 0 Å². The van der Waals surface area contributed by atoms with Crippen molar-refractivity contribution in [3.05, 3.63) is 51.6 Å². The summed E-state index contributed by atoms with van der Waals surface area (Å²) in [5.41, 5.74) is 2.31. The average Bonchev–Trinajstić information content (AvgIpc) is 2.85. The van der Waals surface area contributed by atoms with Crippen molar-refractivity contribution in [1.82, 2.24) is 0 Å². The van der Waals surface area contributed by atoms with Crippen LogP contribution in [0.3, 0.4) is 0 Å². The molecule has 0 saturated carbocycles. The summed E-state index contributed by atoms with van der Waals surface area (Å²) in [7, 11) is 0. The second-order valence-corrected chi connectivity index (χ2v) is 5.73. The molecular formula is C15H14INO2. The highest BCUT2D eigenvalue weighted by Gasteiger charge is 2.15. The summed E-state index contributed by atoms with van der Waals surface area (Å²) in [6, 6.07) is 14.6. The molecule has 2 aromatic rings. The standard InChI is InChI=1S/C15H14INO2/c1-10(17-13-4-2-3-12(16)8-13)11-5-6-14-15(7-11)19-9-18-14/h2-8,10,17H,9H2,1H3. The molecule has 1 aliphatic heterocycles. The van der Waals surface area contributed by atoms with Crippen molar-refractivity contribution < 1.29 is 9.47 Å². The van der Waals surface area contributed by atoms with Gasteiger partial charge >= 0.3 is 0 Å². The van der Waals surface area contributed by atoms with Gasteiger partial charge in [-0.2, -0.15) is 0 Å². The molecule has 4 heteroatoms. The summed E-state index contributed by atoms with van der Waals surface area (Å²) in [5, 5.41) is 3.49. The quantitative estimate of drug-likeness (QED) is 0.826. The molecule has 0 radical (unpaired) electrons. The van der Waals surface area contributed by atoms with Crippen molar-refractivity contribution in [3.8, 4) is 11.5 Å². The second kappa shape index (κ2) is 5.28. The van der Waals surface area contributed by atoms with Crippen molar-refractivity contribution >= 4 is 28.3 Å². The zero-order chi connectivity index (χ0) is 13.2. The third-order valence-electron chi connectivity index (χ3n) is 3.10. The number of benzene rings is 2. The number of hydrogen-bond acceptors (Lipinski definition) is 3. The van der Waals surface area contributed by atoms with Gasteiger partial charge in [0.05, 0.1) is 0 Å². The molecule has 0 amide bonds. The summed E-state index contributed by atoms with van der Waals surface area (Å²) in [6.07, 6.45) is 0. The van der Waals surface area contributed by atoms with E-state index in [2.05, 4.69) is 65.2 Å². The highest BCUT2D eigenvalue weighted by Crippen LogP contribution is 2.34. The number of halogens is 1. The monoisotopic (exact) mass is 367 g/mol. The van der Waals surface area contributed by atoms with Crippen LogP contribution in [0.4, 0.5) is 5.69 Å². The Kier molecular flexibility index (Phi) is 3.50. The highest BCUT2D eigenvalue weighted by molar-refractivity contribution is 14.1. The third kappa shape index (κ3) is 2.78. The van der Waals surface area contributed by atoms with Crippen molar-refractivity contribution in [3.63, 3.8) is 0 Å². The van der Waals surface area contributed by atoms with Crippen LogP contribution in [0.5, 0.6) is 11.5 Å². The molecule has 0 saturated heterocycles. The molecule has 0 spiro atoms. The molecule has 0 bridgehead atoms. The first-order valence-corrected chi connectivity index (χ1v) is 7.22. The topological polar surface area (TPSA) is 30.5 Å². The SMILES string of the molecule is CC(Nc1cccc(I)c1)c1ccc2c(c1)OCO2. The molecular weight excluding hydrogens is 353 g/mol. The lowest BCUT2D eigenvalue weighted by molar-refractivity contribution is 0.174. The van der Waals surface area contributed by atoms with E-state index in [9.17, 15) is 0 Å². The van der Waals surface area contributed by atoms with Gasteiger partial charge in [0, 0.05) is 15.3 Å². The van der Waals surface area contributed by atoms with Crippen molar-refractivity contribution in [2.45, 2.75) is 13.0 Å². The van der Waals surface area contributed by atoms with Gasteiger partial charge in [0.2, 0.25) is 6.79 Å². The molecule has 0 aliphatic carbocycles. The maximum absolute atomic E-state index is 5.41. The van der Waals surface area contributed by atoms with Crippen LogP contribution in [0.25, 0.3) is 0 Å². The zero-order valence-electron chi connectivity index (χ0n) is 10.5. The molecule has 1 heterocycles. The van der Waals surface area contributed by atoms with Crippen LogP contribution in [0.15, 0.2) is 42.5 Å². The average molecular weight is 367 g/mol. The zero-order valence-corrected chi connectivity index (χ0v) is 12.7. The minimum absolute atomic E-state index is 0.215. The fraction of sp³-hybridized carbons (Fsp3) is 0.200. The minimum atomic E-state index is 0.215. The first-order valence-electron chi connectivity index (χ1n) is 6.14. The molecule has 0 aromatic heterocycles. The van der Waals surface area contributed by atoms with Crippen LogP contribution in [0.2, 0.25) is 0 Å². The van der Waals surface area contributed by atoms with Gasteiger partial charge in [0.25, 0.3) is 0 Å². The van der Waals surface area contributed by atoms with E-state index in [1.165, 1.54) is 9.13 Å². The Balaban J connectivity index is 1.78. The fourth-order valence-corrected chi connectivity index (χ4v) is 2.64. The smallest absolute Gasteiger partial charge is 0.231 e. The lowest BCUT2D eigenvalue weighted by Crippen LogP contribution is -2.06. The largest absolute Gasteiger partial charge is 0.454 e.